The third-order valence-electron chi connectivity index (χ3n) is 2.74. The monoisotopic (exact) mass is 226 g/mol. The highest BCUT2D eigenvalue weighted by atomic mass is 14.9. The van der Waals surface area contributed by atoms with Gasteiger partial charge in [0.1, 0.15) is 0 Å². The molecule has 0 amide bonds. The minimum Gasteiger partial charge on any atom is -0.399 e. The van der Waals surface area contributed by atoms with Crippen molar-refractivity contribution in [3.8, 4) is 0 Å². The van der Waals surface area contributed by atoms with E-state index in [2.05, 4.69) is 36.5 Å². The molecule has 0 unspecified atom stereocenters. The normalized spacial score (nSPS) is 10.2. The van der Waals surface area contributed by atoms with E-state index in [1.165, 1.54) is 11.1 Å². The van der Waals surface area contributed by atoms with E-state index in [0.29, 0.717) is 0 Å². The quantitative estimate of drug-likeness (QED) is 0.785. The predicted octanol–water partition coefficient (Wildman–Crippen LogP) is 3.23. The van der Waals surface area contributed by atoms with Gasteiger partial charge >= 0.3 is 0 Å². The average molecular weight is 226 g/mol. The van der Waals surface area contributed by atoms with E-state index < -0.39 is 0 Å². The Morgan fingerprint density at radius 2 is 1.82 bits per heavy atom. The largest absolute Gasteiger partial charge is 0.399 e. The van der Waals surface area contributed by atoms with Gasteiger partial charge in [0.2, 0.25) is 0 Å². The molecule has 2 aromatic carbocycles. The molecule has 0 heterocycles. The summed E-state index contributed by atoms with van der Waals surface area (Å²) in [6.07, 6.45) is 1.03. The van der Waals surface area contributed by atoms with Gasteiger partial charge in [-0.25, -0.2) is 0 Å². The zero-order valence-corrected chi connectivity index (χ0v) is 10.1. The van der Waals surface area contributed by atoms with Gasteiger partial charge in [-0.2, -0.15) is 0 Å². The molecule has 0 spiro atoms. The third-order valence-corrected chi connectivity index (χ3v) is 2.74. The van der Waals surface area contributed by atoms with Crippen LogP contribution >= 0.6 is 0 Å². The molecule has 0 atom stereocenters. The highest BCUT2D eigenvalue weighted by molar-refractivity contribution is 5.51. The predicted molar refractivity (Wildman–Crippen MR) is 74.2 cm³/mol. The Kier molecular flexibility index (Phi) is 3.66. The van der Waals surface area contributed by atoms with E-state index in [0.717, 1.165) is 24.3 Å². The molecule has 2 aromatic rings. The van der Waals surface area contributed by atoms with Gasteiger partial charge < -0.3 is 11.1 Å². The lowest BCUT2D eigenvalue weighted by atomic mass is 10.1. The number of nitrogen functional groups attached to an aromatic ring is 1. The number of aryl methyl sites for hydroxylation is 1. The van der Waals surface area contributed by atoms with Crippen molar-refractivity contribution < 1.29 is 0 Å². The van der Waals surface area contributed by atoms with Gasteiger partial charge in [-0.1, -0.05) is 29.8 Å². The first-order valence-corrected chi connectivity index (χ1v) is 5.89. The summed E-state index contributed by atoms with van der Waals surface area (Å²) in [5.74, 6) is 0. The fourth-order valence-electron chi connectivity index (χ4n) is 1.82. The van der Waals surface area contributed by atoms with Crippen molar-refractivity contribution in [2.75, 3.05) is 17.6 Å². The summed E-state index contributed by atoms with van der Waals surface area (Å²) in [4.78, 5) is 0. The summed E-state index contributed by atoms with van der Waals surface area (Å²) in [5, 5.41) is 3.38. The molecule has 2 rings (SSSR count). The highest BCUT2D eigenvalue weighted by Crippen LogP contribution is 2.11. The second kappa shape index (κ2) is 5.39. The Hall–Kier alpha value is -1.96. The van der Waals surface area contributed by atoms with Crippen molar-refractivity contribution in [3.05, 3.63) is 59.7 Å². The van der Waals surface area contributed by atoms with Crippen LogP contribution in [-0.4, -0.2) is 6.54 Å². The number of nitrogens with two attached hydrogens (primary N) is 1. The van der Waals surface area contributed by atoms with Gasteiger partial charge in [-0.15, -0.1) is 0 Å². The molecule has 0 aromatic heterocycles. The molecule has 0 fully saturated rings. The van der Waals surface area contributed by atoms with Gasteiger partial charge in [0.25, 0.3) is 0 Å². The number of rotatable bonds is 4. The van der Waals surface area contributed by atoms with E-state index in [1.54, 1.807) is 0 Å². The van der Waals surface area contributed by atoms with E-state index in [-0.39, 0.29) is 0 Å². The van der Waals surface area contributed by atoms with Crippen LogP contribution in [0.25, 0.3) is 0 Å². The molecule has 0 bridgehead atoms. The Morgan fingerprint density at radius 3 is 2.53 bits per heavy atom. The number of hydrogen-bond donors (Lipinski definition) is 2. The van der Waals surface area contributed by atoms with Crippen molar-refractivity contribution in [1.82, 2.24) is 0 Å². The summed E-state index contributed by atoms with van der Waals surface area (Å²) < 4.78 is 0. The molecule has 0 aliphatic rings. The number of benzene rings is 2. The van der Waals surface area contributed by atoms with Crippen molar-refractivity contribution in [2.24, 2.45) is 0 Å². The Labute approximate surface area is 102 Å². The van der Waals surface area contributed by atoms with Gasteiger partial charge in [0.15, 0.2) is 0 Å². The van der Waals surface area contributed by atoms with E-state index in [4.69, 9.17) is 5.73 Å². The van der Waals surface area contributed by atoms with Crippen molar-refractivity contribution in [1.29, 1.82) is 0 Å². The molecule has 0 aliphatic heterocycles. The second-order valence-corrected chi connectivity index (χ2v) is 4.29. The number of anilines is 2. The number of hydrogen-bond acceptors (Lipinski definition) is 2. The molecule has 2 nitrogen and oxygen atoms in total. The fourth-order valence-corrected chi connectivity index (χ4v) is 1.82. The van der Waals surface area contributed by atoms with Crippen LogP contribution in [0.15, 0.2) is 48.5 Å². The summed E-state index contributed by atoms with van der Waals surface area (Å²) in [6.45, 7) is 3.06. The zero-order valence-electron chi connectivity index (χ0n) is 10.1. The first kappa shape index (κ1) is 11.5. The van der Waals surface area contributed by atoms with Crippen LogP contribution in [0.2, 0.25) is 0 Å². The lowest BCUT2D eigenvalue weighted by Gasteiger charge is -2.07. The van der Waals surface area contributed by atoms with Crippen LogP contribution < -0.4 is 11.1 Å². The lowest BCUT2D eigenvalue weighted by Crippen LogP contribution is -2.04. The van der Waals surface area contributed by atoms with Crippen LogP contribution in [0.3, 0.4) is 0 Å². The number of nitrogens with one attached hydrogen (secondary N) is 1. The second-order valence-electron chi connectivity index (χ2n) is 4.29. The van der Waals surface area contributed by atoms with Crippen LogP contribution in [0.5, 0.6) is 0 Å². The summed E-state index contributed by atoms with van der Waals surface area (Å²) in [7, 11) is 0. The van der Waals surface area contributed by atoms with Gasteiger partial charge in [0, 0.05) is 17.9 Å². The smallest absolute Gasteiger partial charge is 0.0341 e. The van der Waals surface area contributed by atoms with Gasteiger partial charge in [-0.05, 0) is 43.2 Å². The topological polar surface area (TPSA) is 38.0 Å². The minimum atomic E-state index is 0.800. The molecule has 0 aliphatic carbocycles. The summed E-state index contributed by atoms with van der Waals surface area (Å²) in [5.41, 5.74) is 10.2. The first-order valence-electron chi connectivity index (χ1n) is 5.89. The van der Waals surface area contributed by atoms with Crippen molar-refractivity contribution >= 4 is 11.4 Å². The first-order chi connectivity index (χ1) is 8.24. The molecular formula is C15H18N2. The maximum absolute atomic E-state index is 5.64. The fraction of sp³-hybridized carbons (Fsp3) is 0.200. The standard InChI is InChI=1S/C15H18N2/c1-12-3-2-4-13(11-12)9-10-17-15-7-5-14(16)6-8-15/h2-8,11,17H,9-10,16H2,1H3. The molecule has 88 valence electrons. The third kappa shape index (κ3) is 3.52. The molecule has 3 N–H and O–H groups in total. The molecule has 0 saturated carbocycles. The van der Waals surface area contributed by atoms with Crippen LogP contribution in [0.1, 0.15) is 11.1 Å². The van der Waals surface area contributed by atoms with E-state index in [9.17, 15) is 0 Å². The van der Waals surface area contributed by atoms with E-state index in [1.807, 2.05) is 24.3 Å². The molecule has 0 saturated heterocycles. The molecule has 0 radical (unpaired) electrons. The van der Waals surface area contributed by atoms with Crippen molar-refractivity contribution in [2.45, 2.75) is 13.3 Å². The Bertz CT molecular complexity index is 475. The van der Waals surface area contributed by atoms with Gasteiger partial charge in [0.05, 0.1) is 0 Å². The lowest BCUT2D eigenvalue weighted by molar-refractivity contribution is 1.02. The summed E-state index contributed by atoms with van der Waals surface area (Å²) >= 11 is 0. The molecule has 17 heavy (non-hydrogen) atoms. The maximum Gasteiger partial charge on any atom is 0.0341 e. The SMILES string of the molecule is Cc1cccc(CCNc2ccc(N)cc2)c1. The summed E-state index contributed by atoms with van der Waals surface area (Å²) in [6, 6.07) is 16.5. The zero-order chi connectivity index (χ0) is 12.1. The van der Waals surface area contributed by atoms with Crippen LogP contribution in [0, 0.1) is 6.92 Å². The Morgan fingerprint density at radius 1 is 1.06 bits per heavy atom. The van der Waals surface area contributed by atoms with Crippen LogP contribution in [-0.2, 0) is 6.42 Å². The van der Waals surface area contributed by atoms with E-state index >= 15 is 0 Å². The molecule has 2 heteroatoms. The average Bonchev–Trinajstić information content (AvgIpc) is 2.32. The molecular weight excluding hydrogens is 208 g/mol. The highest BCUT2D eigenvalue weighted by Gasteiger charge is 1.94. The van der Waals surface area contributed by atoms with Gasteiger partial charge in [-0.3, -0.25) is 0 Å². The maximum atomic E-state index is 5.64. The Balaban J connectivity index is 1.85. The van der Waals surface area contributed by atoms with Crippen LogP contribution in [0.4, 0.5) is 11.4 Å². The van der Waals surface area contributed by atoms with Crippen molar-refractivity contribution in [3.63, 3.8) is 0 Å². The minimum absolute atomic E-state index is 0.800.